The Morgan fingerprint density at radius 3 is 2.61 bits per heavy atom. The zero-order valence-corrected chi connectivity index (χ0v) is 17.8. The first kappa shape index (κ1) is 21.9. The molecule has 28 heavy (non-hydrogen) atoms. The minimum absolute atomic E-state index is 0.0298. The molecule has 0 bridgehead atoms. The van der Waals surface area contributed by atoms with Crippen molar-refractivity contribution in [2.24, 2.45) is 0 Å². The van der Waals surface area contributed by atoms with Crippen LogP contribution in [0, 0.1) is 0 Å². The van der Waals surface area contributed by atoms with Gasteiger partial charge in [0.2, 0.25) is 11.8 Å². The predicted octanol–water partition coefficient (Wildman–Crippen LogP) is 3.42. The van der Waals surface area contributed by atoms with E-state index in [1.807, 2.05) is 62.6 Å². The highest BCUT2D eigenvalue weighted by molar-refractivity contribution is 9.10. The van der Waals surface area contributed by atoms with E-state index in [1.54, 1.807) is 4.90 Å². The summed E-state index contributed by atoms with van der Waals surface area (Å²) in [5.74, 6) is 0.671. The van der Waals surface area contributed by atoms with Gasteiger partial charge in [-0.25, -0.2) is 0 Å². The van der Waals surface area contributed by atoms with E-state index in [2.05, 4.69) is 26.6 Å². The summed E-state index contributed by atoms with van der Waals surface area (Å²) in [6, 6.07) is 15.1. The van der Waals surface area contributed by atoms with Crippen molar-refractivity contribution in [1.82, 2.24) is 10.2 Å². The van der Waals surface area contributed by atoms with E-state index >= 15 is 0 Å². The number of carbonyl (C=O) groups excluding carboxylic acids is 2. The summed E-state index contributed by atoms with van der Waals surface area (Å²) >= 11 is 3.43. The van der Waals surface area contributed by atoms with Gasteiger partial charge >= 0.3 is 0 Å². The third-order valence-corrected chi connectivity index (χ3v) is 4.46. The fourth-order valence-electron chi connectivity index (χ4n) is 2.51. The fraction of sp³-hybridized carbons (Fsp3) is 0.333. The number of nitrogens with one attached hydrogen (secondary N) is 2. The first-order chi connectivity index (χ1) is 13.4. The first-order valence-corrected chi connectivity index (χ1v) is 9.91. The molecule has 150 valence electrons. The number of halogens is 1. The smallest absolute Gasteiger partial charge is 0.238 e. The number of rotatable bonds is 10. The van der Waals surface area contributed by atoms with Gasteiger partial charge in [0, 0.05) is 18.7 Å². The molecule has 2 rings (SSSR count). The molecular weight excluding hydrogens is 422 g/mol. The number of benzene rings is 2. The lowest BCUT2D eigenvalue weighted by atomic mass is 10.2. The second-order valence-corrected chi connectivity index (χ2v) is 7.50. The molecule has 0 unspecified atom stereocenters. The van der Waals surface area contributed by atoms with Gasteiger partial charge in [0.05, 0.1) is 17.6 Å². The van der Waals surface area contributed by atoms with Crippen LogP contribution in [0.15, 0.2) is 53.0 Å². The molecule has 0 aliphatic carbocycles. The molecule has 0 spiro atoms. The molecule has 0 aliphatic heterocycles. The largest absolute Gasteiger partial charge is 0.492 e. The maximum atomic E-state index is 12.0. The Hall–Kier alpha value is -2.38. The summed E-state index contributed by atoms with van der Waals surface area (Å²) in [6.07, 6.45) is 1.03. The average Bonchev–Trinajstić information content (AvgIpc) is 2.64. The highest BCUT2D eigenvalue weighted by Crippen LogP contribution is 2.23. The number of hydrogen-bond donors (Lipinski definition) is 2. The van der Waals surface area contributed by atoms with Crippen molar-refractivity contribution in [1.29, 1.82) is 0 Å². The lowest BCUT2D eigenvalue weighted by Crippen LogP contribution is -2.27. The van der Waals surface area contributed by atoms with Crippen LogP contribution >= 0.6 is 15.9 Å². The summed E-state index contributed by atoms with van der Waals surface area (Å²) in [5.41, 5.74) is 1.65. The molecule has 7 heteroatoms. The fourth-order valence-corrected chi connectivity index (χ4v) is 2.91. The van der Waals surface area contributed by atoms with Gasteiger partial charge in [0.1, 0.15) is 5.75 Å². The van der Waals surface area contributed by atoms with Crippen LogP contribution in [0.2, 0.25) is 0 Å². The van der Waals surface area contributed by atoms with Gasteiger partial charge in [0.15, 0.2) is 0 Å². The van der Waals surface area contributed by atoms with Gasteiger partial charge in [-0.3, -0.25) is 9.59 Å². The van der Waals surface area contributed by atoms with E-state index in [1.165, 1.54) is 0 Å². The number of amides is 2. The number of carbonyl (C=O) groups is 2. The van der Waals surface area contributed by atoms with Crippen LogP contribution < -0.4 is 15.4 Å². The lowest BCUT2D eigenvalue weighted by molar-refractivity contribution is -0.121. The summed E-state index contributed by atoms with van der Waals surface area (Å²) in [7, 11) is 3.69. The third kappa shape index (κ3) is 8.10. The maximum Gasteiger partial charge on any atom is 0.238 e. The van der Waals surface area contributed by atoms with E-state index in [-0.39, 0.29) is 11.8 Å². The molecular formula is C21H26BrN3O3. The monoisotopic (exact) mass is 447 g/mol. The Morgan fingerprint density at radius 1 is 1.07 bits per heavy atom. The molecule has 2 aromatic carbocycles. The Labute approximate surface area is 174 Å². The Morgan fingerprint density at radius 2 is 1.86 bits per heavy atom. The van der Waals surface area contributed by atoms with E-state index in [4.69, 9.17) is 4.74 Å². The number of para-hydroxylation sites is 1. The Kier molecular flexibility index (Phi) is 8.97. The molecule has 2 N–H and O–H groups in total. The highest BCUT2D eigenvalue weighted by Gasteiger charge is 2.06. The van der Waals surface area contributed by atoms with Crippen LogP contribution in [0.25, 0.3) is 0 Å². The topological polar surface area (TPSA) is 70.7 Å². The standard InChI is InChI=1S/C21H26BrN3O3/c1-25(2)15-21(27)24-17-8-5-7-16(13-17)14-23-20(26)11-6-12-28-19-10-4-3-9-18(19)22/h3-5,7-10,13H,6,11-12,14-15H2,1-2H3,(H,23,26)(H,24,27). The summed E-state index contributed by atoms with van der Waals surface area (Å²) in [6.45, 7) is 1.22. The first-order valence-electron chi connectivity index (χ1n) is 9.11. The summed E-state index contributed by atoms with van der Waals surface area (Å²) < 4.78 is 6.56. The highest BCUT2D eigenvalue weighted by atomic mass is 79.9. The SMILES string of the molecule is CN(C)CC(=O)Nc1cccc(CNC(=O)CCCOc2ccccc2Br)c1. The zero-order chi connectivity index (χ0) is 20.4. The van der Waals surface area contributed by atoms with Crippen LogP contribution in [-0.4, -0.2) is 44.0 Å². The third-order valence-electron chi connectivity index (χ3n) is 3.80. The molecule has 0 saturated heterocycles. The Balaban J connectivity index is 1.70. The lowest BCUT2D eigenvalue weighted by Gasteiger charge is -2.11. The molecule has 0 fully saturated rings. The van der Waals surface area contributed by atoms with Crippen molar-refractivity contribution in [3.63, 3.8) is 0 Å². The predicted molar refractivity (Wildman–Crippen MR) is 114 cm³/mol. The molecule has 0 radical (unpaired) electrons. The maximum absolute atomic E-state index is 12.0. The quantitative estimate of drug-likeness (QED) is 0.547. The van der Waals surface area contributed by atoms with Gasteiger partial charge in [-0.1, -0.05) is 24.3 Å². The molecule has 0 saturated carbocycles. The van der Waals surface area contributed by atoms with E-state index in [0.717, 1.165) is 21.5 Å². The molecule has 2 amide bonds. The van der Waals surface area contributed by atoms with Crippen molar-refractivity contribution in [3.8, 4) is 5.75 Å². The number of hydrogen-bond acceptors (Lipinski definition) is 4. The number of anilines is 1. The van der Waals surface area contributed by atoms with Gasteiger partial charge in [-0.2, -0.15) is 0 Å². The molecule has 2 aromatic rings. The second-order valence-electron chi connectivity index (χ2n) is 6.65. The molecule has 0 aromatic heterocycles. The molecule has 0 heterocycles. The summed E-state index contributed by atoms with van der Waals surface area (Å²) in [5, 5.41) is 5.75. The van der Waals surface area contributed by atoms with Crippen LogP contribution in [0.4, 0.5) is 5.69 Å². The van der Waals surface area contributed by atoms with Crippen LogP contribution in [0.5, 0.6) is 5.75 Å². The minimum Gasteiger partial charge on any atom is -0.492 e. The normalized spacial score (nSPS) is 10.6. The second kappa shape index (κ2) is 11.5. The van der Waals surface area contributed by atoms with Crippen molar-refractivity contribution in [2.45, 2.75) is 19.4 Å². The van der Waals surface area contributed by atoms with Gasteiger partial charge in [-0.15, -0.1) is 0 Å². The number of ether oxygens (including phenoxy) is 1. The minimum atomic E-state index is -0.0729. The van der Waals surface area contributed by atoms with Gasteiger partial charge in [0.25, 0.3) is 0 Å². The van der Waals surface area contributed by atoms with Crippen molar-refractivity contribution < 1.29 is 14.3 Å². The van der Waals surface area contributed by atoms with Gasteiger partial charge < -0.3 is 20.3 Å². The average molecular weight is 448 g/mol. The van der Waals surface area contributed by atoms with Crippen LogP contribution in [0.1, 0.15) is 18.4 Å². The molecule has 0 aliphatic rings. The van der Waals surface area contributed by atoms with E-state index < -0.39 is 0 Å². The number of likely N-dealkylation sites (N-methyl/N-ethyl adjacent to an activating group) is 1. The van der Waals surface area contributed by atoms with Gasteiger partial charge in [-0.05, 0) is 66.3 Å². The van der Waals surface area contributed by atoms with Crippen LogP contribution in [0.3, 0.4) is 0 Å². The Bertz CT molecular complexity index is 796. The summed E-state index contributed by atoms with van der Waals surface area (Å²) in [4.78, 5) is 25.7. The van der Waals surface area contributed by atoms with Crippen molar-refractivity contribution >= 4 is 33.4 Å². The van der Waals surface area contributed by atoms with E-state index in [0.29, 0.717) is 32.5 Å². The molecule has 6 nitrogen and oxygen atoms in total. The number of nitrogens with zero attached hydrogens (tertiary/aromatic N) is 1. The van der Waals surface area contributed by atoms with Crippen molar-refractivity contribution in [3.05, 3.63) is 58.6 Å². The molecule has 0 atom stereocenters. The van der Waals surface area contributed by atoms with Crippen LogP contribution in [-0.2, 0) is 16.1 Å². The van der Waals surface area contributed by atoms with Crippen molar-refractivity contribution in [2.75, 3.05) is 32.6 Å². The zero-order valence-electron chi connectivity index (χ0n) is 16.2. The van der Waals surface area contributed by atoms with E-state index in [9.17, 15) is 9.59 Å².